The zero-order chi connectivity index (χ0) is 10.1. The zero-order valence-corrected chi connectivity index (χ0v) is 8.22. The summed E-state index contributed by atoms with van der Waals surface area (Å²) in [5.41, 5.74) is 0. The van der Waals surface area contributed by atoms with Gasteiger partial charge in [0.1, 0.15) is 17.5 Å². The predicted octanol–water partition coefficient (Wildman–Crippen LogP) is 0.557. The van der Waals surface area contributed by atoms with Crippen molar-refractivity contribution in [2.24, 2.45) is 0 Å². The first-order chi connectivity index (χ1) is 7.43. The van der Waals surface area contributed by atoms with E-state index in [1.165, 1.54) is 0 Å². The molecule has 2 heterocycles. The van der Waals surface area contributed by atoms with Gasteiger partial charge in [0.15, 0.2) is 0 Å². The molecule has 15 heavy (non-hydrogen) atoms. The molecule has 0 radical (unpaired) electrons. The fourth-order valence-electron chi connectivity index (χ4n) is 1.76. The van der Waals surface area contributed by atoms with Crippen LogP contribution in [-0.2, 0) is 9.31 Å². The molecule has 1 aromatic carbocycles. The fourth-order valence-corrected chi connectivity index (χ4v) is 1.76. The van der Waals surface area contributed by atoms with Crippen LogP contribution in [0.1, 0.15) is 6.42 Å². The maximum Gasteiger partial charge on any atom is 0.624 e. The van der Waals surface area contributed by atoms with Crippen LogP contribution < -0.4 is 9.31 Å². The zero-order valence-electron chi connectivity index (χ0n) is 8.22. The third-order valence-corrected chi connectivity index (χ3v) is 2.55. The van der Waals surface area contributed by atoms with Crippen LogP contribution in [0.3, 0.4) is 0 Å². The van der Waals surface area contributed by atoms with Crippen molar-refractivity contribution < 1.29 is 18.6 Å². The largest absolute Gasteiger partial charge is 0.624 e. The summed E-state index contributed by atoms with van der Waals surface area (Å²) in [7, 11) is -0.00386. The molecule has 0 aromatic heterocycles. The molecule has 0 saturated carbocycles. The number of benzene rings is 1. The SMILES string of the molecule is B1OCCC(B2Oc3ccccc3O2)O1. The Morgan fingerprint density at radius 1 is 1.20 bits per heavy atom. The minimum Gasteiger partial charge on any atom is -0.522 e. The van der Waals surface area contributed by atoms with Gasteiger partial charge in [-0.05, 0) is 18.6 Å². The average Bonchev–Trinajstić information content (AvgIpc) is 2.74. The second-order valence-corrected chi connectivity index (χ2v) is 3.57. The summed E-state index contributed by atoms with van der Waals surface area (Å²) < 4.78 is 21.8. The van der Waals surface area contributed by atoms with E-state index in [2.05, 4.69) is 0 Å². The normalized spacial score (nSPS) is 23.7. The van der Waals surface area contributed by atoms with Crippen LogP contribution in [-0.4, -0.2) is 27.4 Å². The summed E-state index contributed by atoms with van der Waals surface area (Å²) in [5.74, 6) is 1.58. The third-order valence-electron chi connectivity index (χ3n) is 2.55. The maximum atomic E-state index is 5.64. The van der Waals surface area contributed by atoms with Gasteiger partial charge in [-0.15, -0.1) is 0 Å². The lowest BCUT2D eigenvalue weighted by atomic mass is 9.78. The predicted molar refractivity (Wildman–Crippen MR) is 56.0 cm³/mol. The molecule has 2 aliphatic heterocycles. The molecule has 1 atom stereocenters. The molecule has 6 heteroatoms. The standard InChI is InChI=1S/C9H10B2O4/c1-2-4-8-7(3-1)14-11(15-8)9-5-6-12-10-13-9/h1-4,9-10H,5-6H2. The van der Waals surface area contributed by atoms with Crippen molar-refractivity contribution in [2.75, 3.05) is 6.61 Å². The van der Waals surface area contributed by atoms with Crippen molar-refractivity contribution in [1.82, 2.24) is 0 Å². The van der Waals surface area contributed by atoms with Crippen LogP contribution in [0, 0.1) is 0 Å². The molecule has 4 nitrogen and oxygen atoms in total. The molecule has 1 fully saturated rings. The first kappa shape index (κ1) is 9.12. The van der Waals surface area contributed by atoms with Gasteiger partial charge in [0, 0.05) is 6.61 Å². The molecule has 1 unspecified atom stereocenters. The molecule has 76 valence electrons. The van der Waals surface area contributed by atoms with Crippen LogP contribution in [0.25, 0.3) is 0 Å². The van der Waals surface area contributed by atoms with E-state index < -0.39 is 0 Å². The number of para-hydroxylation sites is 2. The lowest BCUT2D eigenvalue weighted by Crippen LogP contribution is -2.45. The van der Waals surface area contributed by atoms with E-state index in [1.807, 2.05) is 24.3 Å². The van der Waals surface area contributed by atoms with E-state index >= 15 is 0 Å². The van der Waals surface area contributed by atoms with Gasteiger partial charge < -0.3 is 18.6 Å². The molecule has 1 saturated heterocycles. The molecule has 0 aliphatic carbocycles. The second-order valence-electron chi connectivity index (χ2n) is 3.57. The monoisotopic (exact) mass is 204 g/mol. The summed E-state index contributed by atoms with van der Waals surface area (Å²) in [5, 5.41) is 0. The number of hydrogen-bond donors (Lipinski definition) is 0. The van der Waals surface area contributed by atoms with Crippen LogP contribution in [0.5, 0.6) is 11.5 Å². The summed E-state index contributed by atoms with van der Waals surface area (Å²) in [4.78, 5) is 0. The van der Waals surface area contributed by atoms with Gasteiger partial charge in [0.2, 0.25) is 0 Å². The Bertz CT molecular complexity index is 329. The smallest absolute Gasteiger partial charge is 0.522 e. The van der Waals surface area contributed by atoms with Gasteiger partial charge in [-0.25, -0.2) is 0 Å². The Morgan fingerprint density at radius 2 is 1.93 bits per heavy atom. The first-order valence-electron chi connectivity index (χ1n) is 5.05. The second kappa shape index (κ2) is 3.79. The van der Waals surface area contributed by atoms with Gasteiger partial charge in [-0.3, -0.25) is 0 Å². The fraction of sp³-hybridized carbons (Fsp3) is 0.333. The Morgan fingerprint density at radius 3 is 2.53 bits per heavy atom. The minimum atomic E-state index is -0.328. The molecular weight excluding hydrogens is 194 g/mol. The highest BCUT2D eigenvalue weighted by atomic mass is 16.7. The van der Waals surface area contributed by atoms with Gasteiger partial charge in [-0.2, -0.15) is 0 Å². The molecule has 0 amide bonds. The number of fused-ring (bicyclic) bond motifs is 1. The Hall–Kier alpha value is -1.13. The van der Waals surface area contributed by atoms with Crippen LogP contribution in [0.15, 0.2) is 24.3 Å². The van der Waals surface area contributed by atoms with E-state index in [4.69, 9.17) is 18.6 Å². The van der Waals surface area contributed by atoms with Crippen LogP contribution in [0.4, 0.5) is 0 Å². The van der Waals surface area contributed by atoms with Crippen molar-refractivity contribution in [3.05, 3.63) is 24.3 Å². The van der Waals surface area contributed by atoms with E-state index in [0.29, 0.717) is 14.3 Å². The Kier molecular flexibility index (Phi) is 2.31. The molecule has 1 aromatic rings. The van der Waals surface area contributed by atoms with Crippen molar-refractivity contribution >= 4 is 14.8 Å². The summed E-state index contributed by atoms with van der Waals surface area (Å²) in [6.07, 6.45) is 0.804. The third kappa shape index (κ3) is 1.70. The highest BCUT2D eigenvalue weighted by molar-refractivity contribution is 6.50. The summed E-state index contributed by atoms with van der Waals surface area (Å²) in [6.45, 7) is 0.699. The molecular formula is C9H10B2O4. The molecule has 0 N–H and O–H groups in total. The first-order valence-corrected chi connectivity index (χ1v) is 5.05. The Labute approximate surface area is 88.9 Å². The van der Waals surface area contributed by atoms with E-state index in [1.54, 1.807) is 0 Å². The highest BCUT2D eigenvalue weighted by Crippen LogP contribution is 2.34. The quantitative estimate of drug-likeness (QED) is 0.626. The van der Waals surface area contributed by atoms with E-state index in [0.717, 1.165) is 17.9 Å². The van der Waals surface area contributed by atoms with E-state index in [9.17, 15) is 0 Å². The lowest BCUT2D eigenvalue weighted by Gasteiger charge is -2.22. The highest BCUT2D eigenvalue weighted by Gasteiger charge is 2.41. The van der Waals surface area contributed by atoms with Crippen LogP contribution in [0.2, 0.25) is 0 Å². The summed E-state index contributed by atoms with van der Waals surface area (Å²) in [6, 6.07) is 7.61. The topological polar surface area (TPSA) is 36.9 Å². The van der Waals surface area contributed by atoms with Gasteiger partial charge in [-0.1, -0.05) is 12.1 Å². The minimum absolute atomic E-state index is 0.0360. The molecule has 2 aliphatic rings. The molecule has 3 rings (SSSR count). The van der Waals surface area contributed by atoms with Gasteiger partial charge in [0.25, 0.3) is 0 Å². The van der Waals surface area contributed by atoms with Crippen molar-refractivity contribution in [1.29, 1.82) is 0 Å². The van der Waals surface area contributed by atoms with Gasteiger partial charge in [0.05, 0.1) is 0 Å². The molecule has 0 spiro atoms. The number of hydrogen-bond acceptors (Lipinski definition) is 4. The Balaban J connectivity index is 1.72. The maximum absolute atomic E-state index is 5.64. The number of rotatable bonds is 1. The van der Waals surface area contributed by atoms with Gasteiger partial charge >= 0.3 is 14.8 Å². The van der Waals surface area contributed by atoms with Crippen molar-refractivity contribution in [2.45, 2.75) is 12.4 Å². The lowest BCUT2D eigenvalue weighted by molar-refractivity contribution is 0.114. The van der Waals surface area contributed by atoms with Crippen LogP contribution >= 0.6 is 0 Å². The van der Waals surface area contributed by atoms with Crippen molar-refractivity contribution in [3.8, 4) is 11.5 Å². The molecule has 0 bridgehead atoms. The van der Waals surface area contributed by atoms with Crippen molar-refractivity contribution in [3.63, 3.8) is 0 Å². The van der Waals surface area contributed by atoms with E-state index in [-0.39, 0.29) is 13.1 Å². The summed E-state index contributed by atoms with van der Waals surface area (Å²) >= 11 is 0. The average molecular weight is 204 g/mol.